The lowest BCUT2D eigenvalue weighted by molar-refractivity contribution is -0.138. The highest BCUT2D eigenvalue weighted by molar-refractivity contribution is 7.89. The topological polar surface area (TPSA) is 57.7 Å². The average Bonchev–Trinajstić information content (AvgIpc) is 2.88. The first-order valence-electron chi connectivity index (χ1n) is 8.22. The molecule has 0 saturated carbocycles. The van der Waals surface area contributed by atoms with E-state index in [0.29, 0.717) is 11.4 Å². The summed E-state index contributed by atoms with van der Waals surface area (Å²) in [5.41, 5.74) is 0. The molecule has 0 aliphatic carbocycles. The van der Waals surface area contributed by atoms with E-state index in [0.717, 1.165) is 23.6 Å². The van der Waals surface area contributed by atoms with Gasteiger partial charge in [0.15, 0.2) is 0 Å². The fraction of sp³-hybridized carbons (Fsp3) is 0.389. The van der Waals surface area contributed by atoms with Crippen LogP contribution in [0, 0.1) is 5.92 Å². The van der Waals surface area contributed by atoms with E-state index >= 15 is 0 Å². The van der Waals surface area contributed by atoms with Crippen LogP contribution in [0.5, 0.6) is 0 Å². The van der Waals surface area contributed by atoms with Gasteiger partial charge in [0.2, 0.25) is 15.9 Å². The lowest BCUT2D eigenvalue weighted by Gasteiger charge is -2.32. The largest absolute Gasteiger partial charge is 0.341 e. The maximum absolute atomic E-state index is 13.1. The second-order valence-corrected chi connectivity index (χ2v) is 8.65. The number of sulfonamides is 1. The molecule has 3 heterocycles. The van der Waals surface area contributed by atoms with Gasteiger partial charge in [-0.2, -0.15) is 4.31 Å². The number of carbonyl (C=O) groups excluding carboxylic acids is 1. The molecular formula is C18H20N2O3S. The average molecular weight is 344 g/mol. The van der Waals surface area contributed by atoms with E-state index in [-0.39, 0.29) is 24.4 Å². The van der Waals surface area contributed by atoms with Crippen molar-refractivity contribution in [1.82, 2.24) is 9.21 Å². The number of hydrogen-bond acceptors (Lipinski definition) is 3. The summed E-state index contributed by atoms with van der Waals surface area (Å²) < 4.78 is 27.7. The van der Waals surface area contributed by atoms with Gasteiger partial charge >= 0.3 is 0 Å². The van der Waals surface area contributed by atoms with Crippen LogP contribution in [-0.4, -0.2) is 49.7 Å². The zero-order valence-electron chi connectivity index (χ0n) is 13.6. The van der Waals surface area contributed by atoms with Gasteiger partial charge in [0.1, 0.15) is 0 Å². The van der Waals surface area contributed by atoms with Gasteiger partial charge < -0.3 is 4.90 Å². The van der Waals surface area contributed by atoms with Crippen molar-refractivity contribution in [2.45, 2.75) is 23.8 Å². The van der Waals surface area contributed by atoms with Crippen LogP contribution in [0.15, 0.2) is 47.4 Å². The first-order valence-corrected chi connectivity index (χ1v) is 9.66. The van der Waals surface area contributed by atoms with Crippen molar-refractivity contribution in [3.8, 4) is 0 Å². The molecule has 0 radical (unpaired) electrons. The van der Waals surface area contributed by atoms with E-state index in [1.807, 2.05) is 30.3 Å². The molecule has 2 aromatic carbocycles. The summed E-state index contributed by atoms with van der Waals surface area (Å²) in [5, 5.41) is 1.92. The standard InChI is InChI=1S/C18H20N2O3S/c1-19-16-8-6-15(18(19)21)11-20(12-16)24(22,23)17-9-7-13-4-2-3-5-14(13)10-17/h2-5,7,9-10,15-16H,6,8,11-12H2,1H3/t15-,16+/m1/s1. The van der Waals surface area contributed by atoms with Gasteiger partial charge in [-0.3, -0.25) is 4.79 Å². The van der Waals surface area contributed by atoms with Crippen LogP contribution in [0.1, 0.15) is 12.8 Å². The van der Waals surface area contributed by atoms with E-state index in [2.05, 4.69) is 0 Å². The van der Waals surface area contributed by atoms with Crippen LogP contribution >= 0.6 is 0 Å². The van der Waals surface area contributed by atoms with Gasteiger partial charge in [-0.1, -0.05) is 30.3 Å². The third-order valence-corrected chi connectivity index (χ3v) is 7.12. The Bertz CT molecular complexity index is 909. The number of rotatable bonds is 2. The zero-order valence-corrected chi connectivity index (χ0v) is 14.4. The molecule has 0 unspecified atom stereocenters. The summed E-state index contributed by atoms with van der Waals surface area (Å²) in [6.07, 6.45) is 1.65. The molecule has 2 aromatic rings. The fourth-order valence-electron chi connectivity index (χ4n) is 3.79. The minimum Gasteiger partial charge on any atom is -0.341 e. The number of likely N-dealkylation sites (N-methyl/N-ethyl adjacent to an activating group) is 1. The van der Waals surface area contributed by atoms with Crippen LogP contribution in [0.2, 0.25) is 0 Å². The molecular weight excluding hydrogens is 324 g/mol. The van der Waals surface area contributed by atoms with Crippen molar-refractivity contribution >= 4 is 26.7 Å². The minimum absolute atomic E-state index is 0.0218. The summed E-state index contributed by atoms with van der Waals surface area (Å²) in [4.78, 5) is 14.3. The SMILES string of the molecule is CN1C(=O)[C@@H]2CC[C@H]1CN(S(=O)(=O)c1ccc3ccccc3c1)C2. The minimum atomic E-state index is -3.60. The van der Waals surface area contributed by atoms with Crippen molar-refractivity contribution in [2.24, 2.45) is 5.92 Å². The Kier molecular flexibility index (Phi) is 3.62. The molecule has 126 valence electrons. The van der Waals surface area contributed by atoms with E-state index in [1.165, 1.54) is 4.31 Å². The van der Waals surface area contributed by atoms with E-state index in [1.54, 1.807) is 24.1 Å². The summed E-state index contributed by atoms with van der Waals surface area (Å²) in [6, 6.07) is 12.9. The van der Waals surface area contributed by atoms with Crippen LogP contribution in [0.25, 0.3) is 10.8 Å². The van der Waals surface area contributed by atoms with Crippen molar-refractivity contribution in [2.75, 3.05) is 20.1 Å². The van der Waals surface area contributed by atoms with Crippen LogP contribution < -0.4 is 0 Å². The molecule has 0 aromatic heterocycles. The maximum atomic E-state index is 13.1. The molecule has 3 saturated heterocycles. The van der Waals surface area contributed by atoms with E-state index in [4.69, 9.17) is 0 Å². The molecule has 2 atom stereocenters. The first kappa shape index (κ1) is 15.6. The Labute approximate surface area is 141 Å². The van der Waals surface area contributed by atoms with Gasteiger partial charge in [0.05, 0.1) is 10.8 Å². The Morgan fingerprint density at radius 1 is 1.00 bits per heavy atom. The van der Waals surface area contributed by atoms with Gasteiger partial charge in [0, 0.05) is 26.2 Å². The molecule has 1 amide bonds. The summed E-state index contributed by atoms with van der Waals surface area (Å²) >= 11 is 0. The third-order valence-electron chi connectivity index (χ3n) is 5.29. The normalized spacial score (nSPS) is 25.2. The molecule has 24 heavy (non-hydrogen) atoms. The second kappa shape index (κ2) is 5.57. The number of piperidine rings is 1. The lowest BCUT2D eigenvalue weighted by atomic mass is 9.95. The van der Waals surface area contributed by atoms with Crippen LogP contribution in [0.4, 0.5) is 0 Å². The molecule has 6 heteroatoms. The molecule has 5 nitrogen and oxygen atoms in total. The number of benzene rings is 2. The molecule has 0 spiro atoms. The molecule has 2 bridgehead atoms. The lowest BCUT2D eigenvalue weighted by Crippen LogP contribution is -2.45. The summed E-state index contributed by atoms with van der Waals surface area (Å²) in [5.74, 6) is -0.147. The number of nitrogens with zero attached hydrogens (tertiary/aromatic N) is 2. The van der Waals surface area contributed by atoms with E-state index in [9.17, 15) is 13.2 Å². The number of carbonyl (C=O) groups is 1. The number of fused-ring (bicyclic) bond motifs is 5. The van der Waals surface area contributed by atoms with Crippen molar-refractivity contribution in [3.63, 3.8) is 0 Å². The van der Waals surface area contributed by atoms with Gasteiger partial charge in [0.25, 0.3) is 0 Å². The predicted octanol–water partition coefficient (Wildman–Crippen LogP) is 2.08. The Morgan fingerprint density at radius 2 is 1.75 bits per heavy atom. The van der Waals surface area contributed by atoms with Crippen molar-refractivity contribution < 1.29 is 13.2 Å². The second-order valence-electron chi connectivity index (χ2n) is 6.71. The van der Waals surface area contributed by atoms with Crippen molar-refractivity contribution in [3.05, 3.63) is 42.5 Å². The Hall–Kier alpha value is -1.92. The zero-order chi connectivity index (χ0) is 16.9. The Balaban J connectivity index is 1.72. The van der Waals surface area contributed by atoms with Crippen molar-refractivity contribution in [1.29, 1.82) is 0 Å². The highest BCUT2D eigenvalue weighted by Crippen LogP contribution is 2.31. The number of hydrogen-bond donors (Lipinski definition) is 0. The first-order chi connectivity index (χ1) is 11.5. The highest BCUT2D eigenvalue weighted by atomic mass is 32.2. The Morgan fingerprint density at radius 3 is 2.54 bits per heavy atom. The van der Waals surface area contributed by atoms with Crippen LogP contribution in [-0.2, 0) is 14.8 Å². The van der Waals surface area contributed by atoms with E-state index < -0.39 is 10.0 Å². The molecule has 3 aliphatic heterocycles. The molecule has 3 fully saturated rings. The van der Waals surface area contributed by atoms with Gasteiger partial charge in [-0.05, 0) is 35.7 Å². The predicted molar refractivity (Wildman–Crippen MR) is 92.0 cm³/mol. The third kappa shape index (κ3) is 2.41. The molecule has 5 rings (SSSR count). The fourth-order valence-corrected chi connectivity index (χ4v) is 5.35. The van der Waals surface area contributed by atoms with Gasteiger partial charge in [-0.15, -0.1) is 0 Å². The summed E-state index contributed by atoms with van der Waals surface area (Å²) in [6.45, 7) is 0.669. The number of amides is 1. The van der Waals surface area contributed by atoms with Crippen LogP contribution in [0.3, 0.4) is 0 Å². The monoisotopic (exact) mass is 344 g/mol. The highest BCUT2D eigenvalue weighted by Gasteiger charge is 2.42. The van der Waals surface area contributed by atoms with Gasteiger partial charge in [-0.25, -0.2) is 8.42 Å². The molecule has 3 aliphatic rings. The quantitative estimate of drug-likeness (QED) is 0.838. The molecule has 0 N–H and O–H groups in total. The maximum Gasteiger partial charge on any atom is 0.243 e. The smallest absolute Gasteiger partial charge is 0.243 e. The summed E-state index contributed by atoms with van der Waals surface area (Å²) in [7, 11) is -1.81.